The van der Waals surface area contributed by atoms with Crippen LogP contribution in [-0.2, 0) is 17.5 Å². The van der Waals surface area contributed by atoms with Crippen molar-refractivity contribution in [3.8, 4) is 5.69 Å². The van der Waals surface area contributed by atoms with Crippen LogP contribution in [0, 0.1) is 13.8 Å². The number of nitrogens with zero attached hydrogens (tertiary/aromatic N) is 3. The summed E-state index contributed by atoms with van der Waals surface area (Å²) < 4.78 is 40.6. The Morgan fingerprint density at radius 1 is 1.04 bits per heavy atom. The zero-order chi connectivity index (χ0) is 18.9. The zero-order valence-electron chi connectivity index (χ0n) is 14.2. The van der Waals surface area contributed by atoms with Crippen molar-refractivity contribution in [3.05, 3.63) is 65.7 Å². The first kappa shape index (κ1) is 17.8. The maximum absolute atomic E-state index is 12.5. The minimum atomic E-state index is -4.52. The van der Waals surface area contributed by atoms with Gasteiger partial charge < -0.3 is 9.88 Å². The van der Waals surface area contributed by atoms with E-state index in [9.17, 15) is 18.0 Å². The number of aromatic nitrogens is 3. The first-order valence-corrected chi connectivity index (χ1v) is 7.90. The third kappa shape index (κ3) is 3.79. The van der Waals surface area contributed by atoms with Gasteiger partial charge in [-0.2, -0.15) is 18.3 Å². The molecule has 0 unspecified atom stereocenters. The van der Waals surface area contributed by atoms with Crippen LogP contribution in [0.4, 0.5) is 18.9 Å². The third-order valence-electron chi connectivity index (χ3n) is 3.92. The quantitative estimate of drug-likeness (QED) is 0.764. The number of carbonyl (C=O) groups is 1. The Bertz CT molecular complexity index is 903. The first-order chi connectivity index (χ1) is 12.2. The van der Waals surface area contributed by atoms with Crippen molar-refractivity contribution >= 4 is 11.6 Å². The number of amides is 1. The van der Waals surface area contributed by atoms with Crippen LogP contribution >= 0.6 is 0 Å². The number of rotatable bonds is 4. The number of nitrogens with one attached hydrogen (secondary N) is 1. The molecule has 2 aromatic heterocycles. The van der Waals surface area contributed by atoms with Gasteiger partial charge in [0.1, 0.15) is 6.54 Å². The average molecular weight is 362 g/mol. The van der Waals surface area contributed by atoms with Gasteiger partial charge in [0.2, 0.25) is 5.91 Å². The van der Waals surface area contributed by atoms with Gasteiger partial charge in [0.25, 0.3) is 0 Å². The smallest absolute Gasteiger partial charge is 0.324 e. The van der Waals surface area contributed by atoms with Crippen LogP contribution in [0.15, 0.2) is 48.7 Å². The molecule has 0 aliphatic heterocycles. The summed E-state index contributed by atoms with van der Waals surface area (Å²) in [6.45, 7) is 3.71. The summed E-state index contributed by atoms with van der Waals surface area (Å²) in [5.74, 6) is -0.456. The Morgan fingerprint density at radius 2 is 1.65 bits per heavy atom. The largest absolute Gasteiger partial charge is 0.435 e. The molecule has 0 spiro atoms. The fraction of sp³-hybridized carbons (Fsp3) is 0.222. The molecule has 0 atom stereocenters. The molecule has 0 aliphatic carbocycles. The van der Waals surface area contributed by atoms with Gasteiger partial charge in [0.15, 0.2) is 5.69 Å². The van der Waals surface area contributed by atoms with Crippen molar-refractivity contribution in [2.24, 2.45) is 0 Å². The molecule has 0 bridgehead atoms. The van der Waals surface area contributed by atoms with E-state index >= 15 is 0 Å². The molecular formula is C18H17F3N4O. The molecule has 26 heavy (non-hydrogen) atoms. The van der Waals surface area contributed by atoms with E-state index in [2.05, 4.69) is 15.0 Å². The van der Waals surface area contributed by atoms with Crippen LogP contribution < -0.4 is 5.32 Å². The second-order valence-electron chi connectivity index (χ2n) is 5.94. The molecule has 5 nitrogen and oxygen atoms in total. The zero-order valence-corrected chi connectivity index (χ0v) is 14.2. The van der Waals surface area contributed by atoms with Crippen LogP contribution in [0.5, 0.6) is 0 Å². The number of carbonyl (C=O) groups excluding carboxylic acids is 1. The van der Waals surface area contributed by atoms with Crippen LogP contribution in [-0.4, -0.2) is 20.3 Å². The standard InChI is InChI=1S/C18H17F3N4O/c1-12-3-4-13(2)25(12)15-7-5-14(6-8-15)22-17(26)11-24-10-9-16(23-24)18(19,20)21/h3-10H,11H2,1-2H3,(H,22,26). The normalized spacial score (nSPS) is 11.6. The second kappa shape index (κ2) is 6.70. The maximum atomic E-state index is 12.5. The van der Waals surface area contributed by atoms with E-state index in [1.54, 1.807) is 12.1 Å². The number of alkyl halides is 3. The first-order valence-electron chi connectivity index (χ1n) is 7.90. The number of halogens is 3. The lowest BCUT2D eigenvalue weighted by Gasteiger charge is -2.11. The van der Waals surface area contributed by atoms with Crippen molar-refractivity contribution in [2.75, 3.05) is 5.32 Å². The summed E-state index contributed by atoms with van der Waals surface area (Å²) in [6, 6.07) is 12.1. The van der Waals surface area contributed by atoms with Crippen molar-refractivity contribution < 1.29 is 18.0 Å². The highest BCUT2D eigenvalue weighted by molar-refractivity contribution is 5.90. The van der Waals surface area contributed by atoms with E-state index in [0.717, 1.165) is 34.0 Å². The number of benzene rings is 1. The molecule has 0 saturated carbocycles. The van der Waals surface area contributed by atoms with Gasteiger partial charge in [-0.1, -0.05) is 0 Å². The summed E-state index contributed by atoms with van der Waals surface area (Å²) in [5.41, 5.74) is 2.69. The lowest BCUT2D eigenvalue weighted by molar-refractivity contribution is -0.141. The summed E-state index contributed by atoms with van der Waals surface area (Å²) >= 11 is 0. The molecule has 136 valence electrons. The average Bonchev–Trinajstić information content (AvgIpc) is 3.15. The molecule has 0 saturated heterocycles. The maximum Gasteiger partial charge on any atom is 0.435 e. The van der Waals surface area contributed by atoms with E-state index < -0.39 is 17.8 Å². The van der Waals surface area contributed by atoms with Gasteiger partial charge >= 0.3 is 6.18 Å². The number of aryl methyl sites for hydroxylation is 2. The molecule has 0 fully saturated rings. The van der Waals surface area contributed by atoms with E-state index in [0.29, 0.717) is 5.69 Å². The summed E-state index contributed by atoms with van der Waals surface area (Å²) in [5, 5.41) is 6.01. The molecule has 0 radical (unpaired) electrons. The Kier molecular flexibility index (Phi) is 4.58. The van der Waals surface area contributed by atoms with Crippen LogP contribution in [0.25, 0.3) is 5.69 Å². The van der Waals surface area contributed by atoms with E-state index in [-0.39, 0.29) is 6.54 Å². The lowest BCUT2D eigenvalue weighted by atomic mass is 10.2. The molecule has 0 aliphatic rings. The molecule has 1 amide bonds. The molecule has 8 heteroatoms. The molecule has 1 aromatic carbocycles. The Balaban J connectivity index is 1.66. The third-order valence-corrected chi connectivity index (χ3v) is 3.92. The van der Waals surface area contributed by atoms with Gasteiger partial charge in [-0.15, -0.1) is 0 Å². The summed E-state index contributed by atoms with van der Waals surface area (Å²) in [6.07, 6.45) is -3.39. The van der Waals surface area contributed by atoms with Crippen LogP contribution in [0.1, 0.15) is 17.1 Å². The summed E-state index contributed by atoms with van der Waals surface area (Å²) in [7, 11) is 0. The monoisotopic (exact) mass is 362 g/mol. The van der Waals surface area contributed by atoms with Gasteiger partial charge in [0.05, 0.1) is 0 Å². The van der Waals surface area contributed by atoms with Crippen LogP contribution in [0.3, 0.4) is 0 Å². The highest BCUT2D eigenvalue weighted by Crippen LogP contribution is 2.27. The number of hydrogen-bond acceptors (Lipinski definition) is 2. The van der Waals surface area contributed by atoms with Gasteiger partial charge in [0, 0.05) is 29.0 Å². The van der Waals surface area contributed by atoms with Gasteiger partial charge in [-0.05, 0) is 56.3 Å². The fourth-order valence-corrected chi connectivity index (χ4v) is 2.72. The number of anilines is 1. The van der Waals surface area contributed by atoms with Crippen molar-refractivity contribution in [1.29, 1.82) is 0 Å². The predicted molar refractivity (Wildman–Crippen MR) is 91.1 cm³/mol. The summed E-state index contributed by atoms with van der Waals surface area (Å²) in [4.78, 5) is 12.0. The highest BCUT2D eigenvalue weighted by atomic mass is 19.4. The Hall–Kier alpha value is -3.03. The van der Waals surface area contributed by atoms with E-state index in [1.165, 1.54) is 0 Å². The van der Waals surface area contributed by atoms with E-state index in [1.807, 2.05) is 38.1 Å². The van der Waals surface area contributed by atoms with Gasteiger partial charge in [-0.25, -0.2) is 0 Å². The molecular weight excluding hydrogens is 345 g/mol. The van der Waals surface area contributed by atoms with Crippen LogP contribution in [0.2, 0.25) is 0 Å². The highest BCUT2D eigenvalue weighted by Gasteiger charge is 2.33. The minimum Gasteiger partial charge on any atom is -0.324 e. The van der Waals surface area contributed by atoms with Crippen molar-refractivity contribution in [1.82, 2.24) is 14.3 Å². The molecule has 3 aromatic rings. The van der Waals surface area contributed by atoms with Crippen molar-refractivity contribution in [3.63, 3.8) is 0 Å². The Morgan fingerprint density at radius 3 is 2.19 bits per heavy atom. The van der Waals surface area contributed by atoms with Gasteiger partial charge in [-0.3, -0.25) is 9.48 Å². The number of hydrogen-bond donors (Lipinski definition) is 1. The molecule has 3 rings (SSSR count). The van der Waals surface area contributed by atoms with Crippen molar-refractivity contribution in [2.45, 2.75) is 26.6 Å². The second-order valence-corrected chi connectivity index (χ2v) is 5.94. The fourth-order valence-electron chi connectivity index (χ4n) is 2.72. The Labute approximate surface area is 148 Å². The topological polar surface area (TPSA) is 51.9 Å². The SMILES string of the molecule is Cc1ccc(C)n1-c1ccc(NC(=O)Cn2ccc(C(F)(F)F)n2)cc1. The molecule has 2 heterocycles. The lowest BCUT2D eigenvalue weighted by Crippen LogP contribution is -2.19. The van der Waals surface area contributed by atoms with E-state index in [4.69, 9.17) is 0 Å². The molecule has 1 N–H and O–H groups in total. The predicted octanol–water partition coefficient (Wildman–Crippen LogP) is 3.95. The minimum absolute atomic E-state index is 0.298.